The van der Waals surface area contributed by atoms with Crippen LogP contribution in [0.3, 0.4) is 0 Å². The largest absolute Gasteiger partial charge is 0.368 e. The molecule has 5 heteroatoms. The Morgan fingerprint density at radius 3 is 2.18 bits per heavy atom. The Hall–Kier alpha value is -3.57. The van der Waals surface area contributed by atoms with Gasteiger partial charge in [0.1, 0.15) is 11.2 Å². The highest BCUT2D eigenvalue weighted by atomic mass is 32.1. The number of nitrogens with zero attached hydrogens (tertiary/aromatic N) is 3. The van der Waals surface area contributed by atoms with Crippen LogP contribution >= 0.6 is 11.3 Å². The molecule has 3 aromatic heterocycles. The summed E-state index contributed by atoms with van der Waals surface area (Å²) in [5.74, 6) is 0.251. The third kappa shape index (κ3) is 3.02. The minimum atomic E-state index is 0.251. The molecule has 0 saturated heterocycles. The number of thiophene rings is 1. The van der Waals surface area contributed by atoms with Crippen molar-refractivity contribution in [2.45, 2.75) is 0 Å². The smallest absolute Gasteiger partial charge is 0.221 e. The van der Waals surface area contributed by atoms with Gasteiger partial charge in [-0.1, -0.05) is 60.7 Å². The molecule has 0 spiro atoms. The van der Waals surface area contributed by atoms with E-state index in [-0.39, 0.29) is 5.95 Å². The number of rotatable bonds is 3. The summed E-state index contributed by atoms with van der Waals surface area (Å²) in [5, 5.41) is 2.09. The van der Waals surface area contributed by atoms with Crippen molar-refractivity contribution in [1.29, 1.82) is 0 Å². The van der Waals surface area contributed by atoms with Gasteiger partial charge in [-0.05, 0) is 29.1 Å². The number of fused-ring (bicyclic) bond motifs is 1. The fourth-order valence-corrected chi connectivity index (χ4v) is 3.97. The lowest BCUT2D eigenvalue weighted by atomic mass is 10.1. The number of hydrogen-bond donors (Lipinski definition) is 1. The summed E-state index contributed by atoms with van der Waals surface area (Å²) in [6.07, 6.45) is 0. The van der Waals surface area contributed by atoms with Crippen LogP contribution in [0.1, 0.15) is 0 Å². The summed E-state index contributed by atoms with van der Waals surface area (Å²) in [5.41, 5.74) is 12.3. The molecule has 0 radical (unpaired) electrons. The van der Waals surface area contributed by atoms with E-state index in [4.69, 9.17) is 10.7 Å². The van der Waals surface area contributed by atoms with E-state index in [1.165, 1.54) is 10.4 Å². The maximum atomic E-state index is 5.93. The zero-order valence-corrected chi connectivity index (χ0v) is 15.7. The standard InChI is InChI=1S/C23H16N4S/c24-23-26-19-13-12-18(15-8-10-16(11-9-15)20-7-4-14-28-20)25-22(19)21(27-23)17-5-2-1-3-6-17/h1-14H,(H2,24,26,27). The van der Waals surface area contributed by atoms with E-state index in [9.17, 15) is 0 Å². The van der Waals surface area contributed by atoms with Gasteiger partial charge in [0.25, 0.3) is 0 Å². The topological polar surface area (TPSA) is 64.7 Å². The third-order valence-corrected chi connectivity index (χ3v) is 5.51. The number of anilines is 1. The fraction of sp³-hybridized carbons (Fsp3) is 0. The quantitative estimate of drug-likeness (QED) is 0.438. The SMILES string of the molecule is Nc1nc(-c2ccccc2)c2nc(-c3ccc(-c4cccs4)cc3)ccc2n1. The first-order valence-electron chi connectivity index (χ1n) is 8.92. The van der Waals surface area contributed by atoms with Gasteiger partial charge in [0.2, 0.25) is 5.95 Å². The van der Waals surface area contributed by atoms with Crippen LogP contribution < -0.4 is 5.73 Å². The Balaban J connectivity index is 1.62. The maximum Gasteiger partial charge on any atom is 0.221 e. The van der Waals surface area contributed by atoms with Crippen LogP contribution in [0.2, 0.25) is 0 Å². The van der Waals surface area contributed by atoms with Gasteiger partial charge in [-0.15, -0.1) is 11.3 Å². The third-order valence-electron chi connectivity index (χ3n) is 4.59. The zero-order valence-electron chi connectivity index (χ0n) is 14.9. The minimum Gasteiger partial charge on any atom is -0.368 e. The van der Waals surface area contributed by atoms with Crippen LogP contribution in [0, 0.1) is 0 Å². The molecule has 0 unspecified atom stereocenters. The molecule has 5 rings (SSSR count). The first kappa shape index (κ1) is 16.6. The Morgan fingerprint density at radius 2 is 1.43 bits per heavy atom. The van der Waals surface area contributed by atoms with Gasteiger partial charge in [0.15, 0.2) is 0 Å². The number of benzene rings is 2. The molecule has 0 aliphatic rings. The van der Waals surface area contributed by atoms with Crippen LogP contribution in [-0.2, 0) is 0 Å². The Morgan fingerprint density at radius 1 is 0.643 bits per heavy atom. The molecule has 0 amide bonds. The van der Waals surface area contributed by atoms with Crippen molar-refractivity contribution in [1.82, 2.24) is 15.0 Å². The summed E-state index contributed by atoms with van der Waals surface area (Å²) >= 11 is 1.74. The molecule has 0 saturated carbocycles. The van der Waals surface area contributed by atoms with E-state index < -0.39 is 0 Å². The molecular formula is C23H16N4S. The highest BCUT2D eigenvalue weighted by Gasteiger charge is 2.12. The van der Waals surface area contributed by atoms with Crippen molar-refractivity contribution in [3.63, 3.8) is 0 Å². The molecule has 0 aliphatic heterocycles. The van der Waals surface area contributed by atoms with Crippen LogP contribution in [0.5, 0.6) is 0 Å². The second-order valence-electron chi connectivity index (χ2n) is 6.42. The predicted molar refractivity (Wildman–Crippen MR) is 116 cm³/mol. The molecule has 28 heavy (non-hydrogen) atoms. The van der Waals surface area contributed by atoms with E-state index in [1.54, 1.807) is 11.3 Å². The van der Waals surface area contributed by atoms with Crippen molar-refractivity contribution in [2.75, 3.05) is 5.73 Å². The van der Waals surface area contributed by atoms with Gasteiger partial charge >= 0.3 is 0 Å². The van der Waals surface area contributed by atoms with Crippen LogP contribution in [-0.4, -0.2) is 15.0 Å². The van der Waals surface area contributed by atoms with E-state index in [0.717, 1.165) is 33.5 Å². The number of hydrogen-bond acceptors (Lipinski definition) is 5. The second kappa shape index (κ2) is 6.87. The number of pyridine rings is 1. The molecule has 0 bridgehead atoms. The lowest BCUT2D eigenvalue weighted by Crippen LogP contribution is -2.00. The van der Waals surface area contributed by atoms with E-state index in [1.807, 2.05) is 42.5 Å². The molecule has 5 aromatic rings. The lowest BCUT2D eigenvalue weighted by molar-refractivity contribution is 1.21. The molecule has 0 fully saturated rings. The predicted octanol–water partition coefficient (Wildman–Crippen LogP) is 5.67. The van der Waals surface area contributed by atoms with Crippen LogP contribution in [0.4, 0.5) is 5.95 Å². The van der Waals surface area contributed by atoms with Gasteiger partial charge in [-0.2, -0.15) is 0 Å². The number of nitrogens with two attached hydrogens (primary N) is 1. The Labute approximate surface area is 166 Å². The lowest BCUT2D eigenvalue weighted by Gasteiger charge is -2.09. The highest BCUT2D eigenvalue weighted by Crippen LogP contribution is 2.30. The summed E-state index contributed by atoms with van der Waals surface area (Å²) in [7, 11) is 0. The summed E-state index contributed by atoms with van der Waals surface area (Å²) < 4.78 is 0. The average molecular weight is 380 g/mol. The summed E-state index contributed by atoms with van der Waals surface area (Å²) in [6.45, 7) is 0. The van der Waals surface area contributed by atoms with Crippen LogP contribution in [0.25, 0.3) is 44.0 Å². The fourth-order valence-electron chi connectivity index (χ4n) is 3.24. The van der Waals surface area contributed by atoms with Crippen molar-refractivity contribution < 1.29 is 0 Å². The number of aromatic nitrogens is 3. The van der Waals surface area contributed by atoms with Gasteiger partial charge < -0.3 is 5.73 Å². The minimum absolute atomic E-state index is 0.251. The summed E-state index contributed by atoms with van der Waals surface area (Å²) in [6, 6.07) is 26.5. The molecule has 2 N–H and O–H groups in total. The zero-order chi connectivity index (χ0) is 18.9. The summed E-state index contributed by atoms with van der Waals surface area (Å²) in [4.78, 5) is 14.9. The Bertz CT molecular complexity index is 1250. The van der Waals surface area contributed by atoms with Crippen molar-refractivity contribution in [2.24, 2.45) is 0 Å². The van der Waals surface area contributed by atoms with Gasteiger partial charge in [-0.25, -0.2) is 15.0 Å². The molecule has 134 valence electrons. The van der Waals surface area contributed by atoms with E-state index >= 15 is 0 Å². The first-order valence-corrected chi connectivity index (χ1v) is 9.80. The van der Waals surface area contributed by atoms with E-state index in [2.05, 4.69) is 51.7 Å². The highest BCUT2D eigenvalue weighted by molar-refractivity contribution is 7.13. The molecule has 0 atom stereocenters. The monoisotopic (exact) mass is 380 g/mol. The van der Waals surface area contributed by atoms with Gasteiger partial charge in [0.05, 0.1) is 11.2 Å². The molecule has 0 aliphatic carbocycles. The van der Waals surface area contributed by atoms with Gasteiger partial charge in [-0.3, -0.25) is 0 Å². The number of nitrogen functional groups attached to an aromatic ring is 1. The maximum absolute atomic E-state index is 5.93. The van der Waals surface area contributed by atoms with Crippen molar-refractivity contribution in [3.8, 4) is 33.0 Å². The second-order valence-corrected chi connectivity index (χ2v) is 7.36. The van der Waals surface area contributed by atoms with Crippen molar-refractivity contribution in [3.05, 3.63) is 84.2 Å². The molecule has 4 nitrogen and oxygen atoms in total. The van der Waals surface area contributed by atoms with Crippen molar-refractivity contribution >= 4 is 28.3 Å². The Kier molecular flexibility index (Phi) is 4.07. The van der Waals surface area contributed by atoms with Crippen LogP contribution in [0.15, 0.2) is 84.2 Å². The van der Waals surface area contributed by atoms with Gasteiger partial charge in [0, 0.05) is 16.0 Å². The normalized spacial score (nSPS) is 11.0. The average Bonchev–Trinajstić information content (AvgIpc) is 3.28. The molecular weight excluding hydrogens is 364 g/mol. The first-order chi connectivity index (χ1) is 13.8. The molecule has 2 aromatic carbocycles. The molecule has 3 heterocycles. The van der Waals surface area contributed by atoms with E-state index in [0.29, 0.717) is 0 Å².